The molecule has 2 N–H and O–H groups in total. The van der Waals surface area contributed by atoms with Gasteiger partial charge < -0.3 is 9.84 Å². The molecule has 106 valence electrons. The van der Waals surface area contributed by atoms with E-state index in [0.29, 0.717) is 10.9 Å². The van der Waals surface area contributed by atoms with E-state index >= 15 is 0 Å². The van der Waals surface area contributed by atoms with E-state index in [1.807, 2.05) is 0 Å². The topological polar surface area (TPSA) is 110 Å². The number of nitrogens with zero attached hydrogens (tertiary/aromatic N) is 3. The average Bonchev–Trinajstić information content (AvgIpc) is 2.85. The first-order valence-corrected chi connectivity index (χ1v) is 6.47. The maximum absolute atomic E-state index is 12.0. The molecule has 21 heavy (non-hydrogen) atoms. The lowest BCUT2D eigenvalue weighted by atomic mass is 10.2. The van der Waals surface area contributed by atoms with Gasteiger partial charge in [0.15, 0.2) is 5.75 Å². The van der Waals surface area contributed by atoms with Crippen LogP contribution in [0.3, 0.4) is 0 Å². The summed E-state index contributed by atoms with van der Waals surface area (Å²) in [6, 6.07) is 5.09. The van der Waals surface area contributed by atoms with Gasteiger partial charge in [-0.05, 0) is 18.2 Å². The number of carbonyl (C=O) groups is 1. The third-order valence-electron chi connectivity index (χ3n) is 2.64. The van der Waals surface area contributed by atoms with Gasteiger partial charge in [-0.15, -0.1) is 0 Å². The van der Waals surface area contributed by atoms with Crippen LogP contribution in [0.15, 0.2) is 39.9 Å². The number of ether oxygens (including phenoxy) is 1. The minimum Gasteiger partial charge on any atom is -0.449 e. The maximum atomic E-state index is 12.0. The summed E-state index contributed by atoms with van der Waals surface area (Å²) in [6.45, 7) is 0. The van der Waals surface area contributed by atoms with Crippen molar-refractivity contribution in [3.05, 3.63) is 45.4 Å². The van der Waals surface area contributed by atoms with E-state index in [0.717, 1.165) is 4.47 Å². The summed E-state index contributed by atoms with van der Waals surface area (Å²) in [7, 11) is 0. The second-order valence-electron chi connectivity index (χ2n) is 4.04. The van der Waals surface area contributed by atoms with Crippen molar-refractivity contribution in [1.82, 2.24) is 19.7 Å². The lowest BCUT2D eigenvalue weighted by Crippen LogP contribution is -2.13. The summed E-state index contributed by atoms with van der Waals surface area (Å²) in [4.78, 5) is 29.3. The molecule has 0 saturated carbocycles. The van der Waals surface area contributed by atoms with Gasteiger partial charge in [0.1, 0.15) is 0 Å². The van der Waals surface area contributed by atoms with Crippen molar-refractivity contribution < 1.29 is 14.6 Å². The average molecular weight is 351 g/mol. The van der Waals surface area contributed by atoms with Gasteiger partial charge in [0.25, 0.3) is 5.56 Å². The van der Waals surface area contributed by atoms with E-state index in [4.69, 9.17) is 5.11 Å². The number of halogens is 1. The van der Waals surface area contributed by atoms with E-state index in [-0.39, 0.29) is 17.3 Å². The van der Waals surface area contributed by atoms with Gasteiger partial charge >= 0.3 is 6.16 Å². The SMILES string of the molecule is O=C(O)Oc1cnn(-c2nc3cc(Br)ccc3c(=O)[nH]2)c1. The molecule has 0 amide bonds. The van der Waals surface area contributed by atoms with Crippen molar-refractivity contribution in [3.63, 3.8) is 0 Å². The molecule has 3 rings (SSSR count). The van der Waals surface area contributed by atoms with Crippen LogP contribution in [0.2, 0.25) is 0 Å². The van der Waals surface area contributed by atoms with Crippen LogP contribution in [-0.2, 0) is 0 Å². The highest BCUT2D eigenvalue weighted by Crippen LogP contribution is 2.17. The molecule has 0 radical (unpaired) electrons. The van der Waals surface area contributed by atoms with Crippen LogP contribution >= 0.6 is 15.9 Å². The molecule has 2 aromatic heterocycles. The molecule has 8 nitrogen and oxygen atoms in total. The largest absolute Gasteiger partial charge is 0.511 e. The van der Waals surface area contributed by atoms with Gasteiger partial charge in [-0.3, -0.25) is 9.78 Å². The Morgan fingerprint density at radius 3 is 3.00 bits per heavy atom. The third-order valence-corrected chi connectivity index (χ3v) is 3.13. The first-order valence-electron chi connectivity index (χ1n) is 5.68. The van der Waals surface area contributed by atoms with E-state index in [1.165, 1.54) is 17.1 Å². The summed E-state index contributed by atoms with van der Waals surface area (Å²) in [5.74, 6) is 0.185. The molecule has 2 heterocycles. The quantitative estimate of drug-likeness (QED) is 0.683. The van der Waals surface area contributed by atoms with Crippen LogP contribution in [-0.4, -0.2) is 31.0 Å². The minimum atomic E-state index is -1.45. The Bertz CT molecular complexity index is 902. The first kappa shape index (κ1) is 13.3. The molecule has 0 aliphatic rings. The number of aromatic amines is 1. The minimum absolute atomic E-state index is 0.0273. The van der Waals surface area contributed by atoms with Crippen molar-refractivity contribution >= 4 is 33.0 Å². The molecule has 0 aliphatic carbocycles. The molecule has 0 bridgehead atoms. The van der Waals surface area contributed by atoms with Gasteiger partial charge in [-0.2, -0.15) is 5.10 Å². The molecule has 0 spiro atoms. The van der Waals surface area contributed by atoms with Gasteiger partial charge in [0.2, 0.25) is 5.95 Å². The highest BCUT2D eigenvalue weighted by atomic mass is 79.9. The van der Waals surface area contributed by atoms with Crippen LogP contribution in [0.25, 0.3) is 16.9 Å². The monoisotopic (exact) mass is 350 g/mol. The lowest BCUT2D eigenvalue weighted by molar-refractivity contribution is 0.144. The van der Waals surface area contributed by atoms with Crippen molar-refractivity contribution in [2.45, 2.75) is 0 Å². The summed E-state index contributed by atoms with van der Waals surface area (Å²) in [5, 5.41) is 12.9. The zero-order valence-corrected chi connectivity index (χ0v) is 11.9. The summed E-state index contributed by atoms with van der Waals surface area (Å²) in [5.41, 5.74) is 0.165. The molecule has 1 aromatic carbocycles. The van der Waals surface area contributed by atoms with Crippen LogP contribution in [0.1, 0.15) is 0 Å². The molecular formula is C12H7BrN4O4. The summed E-state index contributed by atoms with van der Waals surface area (Å²) < 4.78 is 6.47. The molecular weight excluding hydrogens is 344 g/mol. The van der Waals surface area contributed by atoms with Crippen LogP contribution in [0.5, 0.6) is 5.75 Å². The van der Waals surface area contributed by atoms with E-state index in [2.05, 4.69) is 35.7 Å². The van der Waals surface area contributed by atoms with Crippen molar-refractivity contribution in [1.29, 1.82) is 0 Å². The van der Waals surface area contributed by atoms with E-state index in [1.54, 1.807) is 18.2 Å². The number of fused-ring (bicyclic) bond motifs is 1. The molecule has 0 fully saturated rings. The fourth-order valence-electron chi connectivity index (χ4n) is 1.78. The fourth-order valence-corrected chi connectivity index (χ4v) is 2.13. The Balaban J connectivity index is 2.10. The number of benzene rings is 1. The van der Waals surface area contributed by atoms with Gasteiger partial charge in [-0.1, -0.05) is 15.9 Å². The van der Waals surface area contributed by atoms with Crippen molar-refractivity contribution in [3.8, 4) is 11.7 Å². The standard InChI is InChI=1S/C12H7BrN4O4/c13-6-1-2-8-9(3-6)15-11(16-10(8)18)17-5-7(4-14-17)21-12(19)20/h1-5H,(H,19,20)(H,15,16,18). The highest BCUT2D eigenvalue weighted by Gasteiger charge is 2.09. The van der Waals surface area contributed by atoms with Gasteiger partial charge in [0, 0.05) is 4.47 Å². The Kier molecular flexibility index (Phi) is 3.18. The van der Waals surface area contributed by atoms with Crippen LogP contribution in [0.4, 0.5) is 4.79 Å². The Labute approximate surface area is 125 Å². The first-order chi connectivity index (χ1) is 10.0. The normalized spacial score (nSPS) is 10.7. The lowest BCUT2D eigenvalue weighted by Gasteiger charge is -2.02. The summed E-state index contributed by atoms with van der Waals surface area (Å²) >= 11 is 3.31. The fraction of sp³-hybridized carbons (Fsp3) is 0. The molecule has 0 atom stereocenters. The maximum Gasteiger partial charge on any atom is 0.511 e. The van der Waals surface area contributed by atoms with Crippen molar-refractivity contribution in [2.75, 3.05) is 0 Å². The van der Waals surface area contributed by atoms with E-state index < -0.39 is 6.16 Å². The van der Waals surface area contributed by atoms with Gasteiger partial charge in [-0.25, -0.2) is 14.5 Å². The number of nitrogens with one attached hydrogen (secondary N) is 1. The predicted molar refractivity (Wildman–Crippen MR) is 75.8 cm³/mol. The molecule has 0 unspecified atom stereocenters. The Morgan fingerprint density at radius 1 is 1.43 bits per heavy atom. The smallest absolute Gasteiger partial charge is 0.449 e. The highest BCUT2D eigenvalue weighted by molar-refractivity contribution is 9.10. The number of hydrogen-bond donors (Lipinski definition) is 2. The van der Waals surface area contributed by atoms with Crippen LogP contribution < -0.4 is 10.3 Å². The zero-order chi connectivity index (χ0) is 15.0. The number of hydrogen-bond acceptors (Lipinski definition) is 5. The third kappa shape index (κ3) is 2.63. The Hall–Kier alpha value is -2.68. The van der Waals surface area contributed by atoms with Crippen molar-refractivity contribution in [2.24, 2.45) is 0 Å². The number of carboxylic acid groups (broad SMARTS) is 1. The second-order valence-corrected chi connectivity index (χ2v) is 4.96. The molecule has 0 aliphatic heterocycles. The number of H-pyrrole nitrogens is 1. The van der Waals surface area contributed by atoms with E-state index in [9.17, 15) is 9.59 Å². The Morgan fingerprint density at radius 2 is 2.24 bits per heavy atom. The molecule has 3 aromatic rings. The summed E-state index contributed by atoms with van der Waals surface area (Å²) in [6.07, 6.45) is 1.06. The van der Waals surface area contributed by atoms with Crippen LogP contribution in [0, 0.1) is 0 Å². The molecule has 0 saturated heterocycles. The second kappa shape index (κ2) is 5.02. The number of rotatable bonds is 2. The zero-order valence-electron chi connectivity index (χ0n) is 10.3. The van der Waals surface area contributed by atoms with Gasteiger partial charge in [0.05, 0.1) is 23.3 Å². The molecule has 9 heteroatoms. The predicted octanol–water partition coefficient (Wildman–Crippen LogP) is 1.93. The number of aromatic nitrogens is 4.